The van der Waals surface area contributed by atoms with Gasteiger partial charge in [0.05, 0.1) is 0 Å². The molecule has 0 aliphatic rings. The summed E-state index contributed by atoms with van der Waals surface area (Å²) >= 11 is 0. The number of benzene rings is 1. The van der Waals surface area contributed by atoms with E-state index in [1.165, 1.54) is 10.1 Å². The third-order valence-electron chi connectivity index (χ3n) is 1.69. The molecule has 1 N–H and O–H groups in total. The average Bonchev–Trinajstić information content (AvgIpc) is 2.04. The van der Waals surface area contributed by atoms with Crippen molar-refractivity contribution >= 4 is 10.8 Å². The lowest BCUT2D eigenvalue weighted by Crippen LogP contribution is -2.20. The molecule has 0 unspecified atom stereocenters. The summed E-state index contributed by atoms with van der Waals surface area (Å²) < 4.78 is 1.31. The standard InChI is InChI=1S/C9H8N2/c10-11-6-5-8-3-1-2-4-9(8)7-11/h1-7,10H. The van der Waals surface area contributed by atoms with E-state index in [9.17, 15) is 0 Å². The lowest BCUT2D eigenvalue weighted by molar-refractivity contribution is -0.604. The Bertz CT molecular complexity index is 382. The van der Waals surface area contributed by atoms with Crippen LogP contribution >= 0.6 is 0 Å². The summed E-state index contributed by atoms with van der Waals surface area (Å²) in [5.41, 5.74) is 0. The predicted octanol–water partition coefficient (Wildman–Crippen LogP) is 1.94. The second kappa shape index (κ2) is 2.23. The topological polar surface area (TPSA) is 27.7 Å². The molecule has 11 heavy (non-hydrogen) atoms. The van der Waals surface area contributed by atoms with Gasteiger partial charge in [-0.2, -0.15) is 0 Å². The minimum atomic E-state index is 1.10. The summed E-state index contributed by atoms with van der Waals surface area (Å²) in [4.78, 5) is 0. The van der Waals surface area contributed by atoms with E-state index in [0.29, 0.717) is 0 Å². The molecule has 0 bridgehead atoms. The minimum absolute atomic E-state index is 1.10. The van der Waals surface area contributed by atoms with Crippen LogP contribution in [0.5, 0.6) is 0 Å². The van der Waals surface area contributed by atoms with Crippen LogP contribution < -0.4 is 4.68 Å². The Morgan fingerprint density at radius 1 is 1.00 bits per heavy atom. The summed E-state index contributed by atoms with van der Waals surface area (Å²) in [5, 5.41) is 2.28. The van der Waals surface area contributed by atoms with Crippen LogP contribution in [0.2, 0.25) is 0 Å². The van der Waals surface area contributed by atoms with Crippen LogP contribution in [-0.2, 0) is 0 Å². The van der Waals surface area contributed by atoms with Crippen LogP contribution in [0, 0.1) is 0 Å². The Kier molecular flexibility index (Phi) is 1.25. The Labute approximate surface area is 64.9 Å². The molecule has 0 saturated carbocycles. The molecule has 0 amide bonds. The molecule has 2 rings (SSSR count). The summed E-state index contributed by atoms with van der Waals surface area (Å²) in [6, 6.07) is 9.94. The summed E-state index contributed by atoms with van der Waals surface area (Å²) in [7, 11) is 0. The summed E-state index contributed by atoms with van der Waals surface area (Å²) in [6.45, 7) is 0. The van der Waals surface area contributed by atoms with Gasteiger partial charge in [-0.25, -0.2) is 4.68 Å². The minimum Gasteiger partial charge on any atom is -0.449 e. The maximum atomic E-state index is 7.29. The van der Waals surface area contributed by atoms with Gasteiger partial charge < -0.3 is 5.84 Å². The van der Waals surface area contributed by atoms with Gasteiger partial charge in [0.2, 0.25) is 0 Å². The first-order chi connectivity index (χ1) is 5.36. The first-order valence-electron chi connectivity index (χ1n) is 3.48. The van der Waals surface area contributed by atoms with Crippen molar-refractivity contribution in [1.29, 1.82) is 0 Å². The maximum Gasteiger partial charge on any atom is 0.171 e. The monoisotopic (exact) mass is 144 g/mol. The lowest BCUT2D eigenvalue weighted by Gasteiger charge is -1.96. The molecule has 1 heterocycles. The van der Waals surface area contributed by atoms with E-state index in [2.05, 4.69) is 0 Å². The molecule has 0 atom stereocenters. The molecular formula is C9H8N2. The Hall–Kier alpha value is -1.57. The second-order valence-corrected chi connectivity index (χ2v) is 2.48. The van der Waals surface area contributed by atoms with Crippen molar-refractivity contribution in [3.8, 4) is 0 Å². The average molecular weight is 144 g/mol. The lowest BCUT2D eigenvalue weighted by atomic mass is 10.2. The highest BCUT2D eigenvalue weighted by Gasteiger charge is 1.92. The van der Waals surface area contributed by atoms with E-state index in [0.717, 1.165) is 5.39 Å². The number of nitrogens with one attached hydrogen (secondary N) is 1. The quantitative estimate of drug-likeness (QED) is 0.505. The molecule has 1 aromatic carbocycles. The van der Waals surface area contributed by atoms with Gasteiger partial charge in [0.15, 0.2) is 12.4 Å². The molecule has 0 spiro atoms. The number of rotatable bonds is 0. The van der Waals surface area contributed by atoms with Gasteiger partial charge in [0.25, 0.3) is 0 Å². The number of fused-ring (bicyclic) bond motifs is 1. The number of hydrogen-bond donors (Lipinski definition) is 0. The third-order valence-corrected chi connectivity index (χ3v) is 1.69. The van der Waals surface area contributed by atoms with Crippen molar-refractivity contribution in [3.05, 3.63) is 48.6 Å². The van der Waals surface area contributed by atoms with E-state index in [-0.39, 0.29) is 0 Å². The largest absolute Gasteiger partial charge is 0.449 e. The molecule has 2 nitrogen and oxygen atoms in total. The van der Waals surface area contributed by atoms with E-state index in [1.807, 2.05) is 30.3 Å². The second-order valence-electron chi connectivity index (χ2n) is 2.48. The molecule has 0 fully saturated rings. The van der Waals surface area contributed by atoms with Gasteiger partial charge in [0, 0.05) is 11.5 Å². The number of nitrogens with zero attached hydrogens (tertiary/aromatic N) is 1. The fourth-order valence-electron chi connectivity index (χ4n) is 1.13. The third kappa shape index (κ3) is 1.03. The molecule has 0 radical (unpaired) electrons. The normalized spacial score (nSPS) is 10.2. The predicted molar refractivity (Wildman–Crippen MR) is 43.9 cm³/mol. The highest BCUT2D eigenvalue weighted by atomic mass is 15.3. The highest BCUT2D eigenvalue weighted by Crippen LogP contribution is 2.08. The molecule has 0 saturated heterocycles. The molecule has 2 aromatic rings. The summed E-state index contributed by atoms with van der Waals surface area (Å²) in [6.07, 6.45) is 3.51. The molecular weight excluding hydrogens is 136 g/mol. The Balaban J connectivity index is 2.83. The van der Waals surface area contributed by atoms with E-state index in [1.54, 1.807) is 12.4 Å². The number of aromatic nitrogens is 1. The Morgan fingerprint density at radius 2 is 1.73 bits per heavy atom. The maximum absolute atomic E-state index is 7.29. The van der Waals surface area contributed by atoms with Gasteiger partial charge >= 0.3 is 0 Å². The number of hydrogen-bond acceptors (Lipinski definition) is 0. The van der Waals surface area contributed by atoms with E-state index < -0.39 is 0 Å². The van der Waals surface area contributed by atoms with Crippen LogP contribution in [0.3, 0.4) is 0 Å². The fraction of sp³-hybridized carbons (Fsp3) is 0. The first-order valence-corrected chi connectivity index (χ1v) is 3.48. The molecule has 0 aliphatic heterocycles. The molecule has 0 aliphatic carbocycles. The fourth-order valence-corrected chi connectivity index (χ4v) is 1.13. The zero-order valence-electron chi connectivity index (χ0n) is 5.99. The van der Waals surface area contributed by atoms with Gasteiger partial charge in [0.1, 0.15) is 0 Å². The van der Waals surface area contributed by atoms with Crippen molar-refractivity contribution in [2.24, 2.45) is 0 Å². The number of pyridine rings is 1. The van der Waals surface area contributed by atoms with Gasteiger partial charge in [-0.15, -0.1) is 0 Å². The van der Waals surface area contributed by atoms with Gasteiger partial charge in [-0.1, -0.05) is 18.2 Å². The highest BCUT2D eigenvalue weighted by molar-refractivity contribution is 5.80. The van der Waals surface area contributed by atoms with Crippen molar-refractivity contribution < 1.29 is 4.68 Å². The smallest absolute Gasteiger partial charge is 0.171 e. The zero-order valence-corrected chi connectivity index (χ0v) is 5.99. The summed E-state index contributed by atoms with van der Waals surface area (Å²) in [5.74, 6) is 7.29. The Morgan fingerprint density at radius 3 is 2.55 bits per heavy atom. The van der Waals surface area contributed by atoms with Crippen LogP contribution in [-0.4, -0.2) is 0 Å². The SMILES string of the molecule is [NH-][n+]1ccc2ccccc2c1. The van der Waals surface area contributed by atoms with Crippen molar-refractivity contribution in [2.75, 3.05) is 0 Å². The first kappa shape index (κ1) is 6.16. The van der Waals surface area contributed by atoms with Crippen LogP contribution in [0.15, 0.2) is 42.7 Å². The van der Waals surface area contributed by atoms with Crippen LogP contribution in [0.25, 0.3) is 16.6 Å². The van der Waals surface area contributed by atoms with E-state index in [4.69, 9.17) is 5.84 Å². The van der Waals surface area contributed by atoms with Crippen LogP contribution in [0.1, 0.15) is 0 Å². The van der Waals surface area contributed by atoms with Crippen LogP contribution in [0.4, 0.5) is 0 Å². The molecule has 2 heteroatoms. The van der Waals surface area contributed by atoms with Gasteiger partial charge in [-0.05, 0) is 11.5 Å². The van der Waals surface area contributed by atoms with Crippen molar-refractivity contribution in [2.45, 2.75) is 0 Å². The van der Waals surface area contributed by atoms with Crippen molar-refractivity contribution in [1.82, 2.24) is 0 Å². The zero-order chi connectivity index (χ0) is 7.68. The van der Waals surface area contributed by atoms with Gasteiger partial charge in [-0.3, -0.25) is 0 Å². The molecule has 54 valence electrons. The molecule has 1 aromatic heterocycles. The van der Waals surface area contributed by atoms with Crippen molar-refractivity contribution in [3.63, 3.8) is 0 Å². The van der Waals surface area contributed by atoms with E-state index >= 15 is 0 Å².